The molecule has 104 valence electrons. The lowest BCUT2D eigenvalue weighted by Crippen LogP contribution is -2.07. The van der Waals surface area contributed by atoms with Gasteiger partial charge in [0.05, 0.1) is 24.4 Å². The molecule has 0 heterocycles. The SMILES string of the molecule is COc1cc(N)c(Cl)cc1/C=C/C(=O)OCC(C)C. The minimum absolute atomic E-state index is 0.304. The molecule has 1 aromatic carbocycles. The Bertz CT molecular complexity index is 484. The van der Waals surface area contributed by atoms with Gasteiger partial charge in [-0.1, -0.05) is 25.4 Å². The van der Waals surface area contributed by atoms with Crippen LogP contribution >= 0.6 is 11.6 Å². The zero-order chi connectivity index (χ0) is 14.4. The van der Waals surface area contributed by atoms with Crippen molar-refractivity contribution < 1.29 is 14.3 Å². The number of methoxy groups -OCH3 is 1. The van der Waals surface area contributed by atoms with Gasteiger partial charge in [0.15, 0.2) is 0 Å². The first-order chi connectivity index (χ1) is 8.93. The molecule has 1 rings (SSSR count). The van der Waals surface area contributed by atoms with E-state index in [1.165, 1.54) is 13.2 Å². The Morgan fingerprint density at radius 3 is 2.74 bits per heavy atom. The lowest BCUT2D eigenvalue weighted by molar-refractivity contribution is -0.138. The van der Waals surface area contributed by atoms with Gasteiger partial charge in [0.25, 0.3) is 0 Å². The molecule has 4 nitrogen and oxygen atoms in total. The van der Waals surface area contributed by atoms with Crippen LogP contribution in [0.15, 0.2) is 18.2 Å². The Hall–Kier alpha value is -1.68. The van der Waals surface area contributed by atoms with Crippen molar-refractivity contribution in [2.75, 3.05) is 19.5 Å². The van der Waals surface area contributed by atoms with E-state index in [2.05, 4.69) is 0 Å². The average Bonchev–Trinajstić information content (AvgIpc) is 2.37. The normalized spacial score (nSPS) is 11.0. The second-order valence-electron chi connectivity index (χ2n) is 4.47. The predicted octanol–water partition coefficient (Wildman–Crippen LogP) is 3.14. The number of esters is 1. The van der Waals surface area contributed by atoms with E-state index in [0.717, 1.165) is 0 Å². The highest BCUT2D eigenvalue weighted by molar-refractivity contribution is 6.33. The molecule has 0 spiro atoms. The maximum atomic E-state index is 11.5. The van der Waals surface area contributed by atoms with Gasteiger partial charge >= 0.3 is 5.97 Å². The molecule has 0 bridgehead atoms. The molecule has 0 aliphatic heterocycles. The third-order valence-corrected chi connectivity index (χ3v) is 2.63. The molecule has 0 radical (unpaired) electrons. The minimum Gasteiger partial charge on any atom is -0.496 e. The number of hydrogen-bond donors (Lipinski definition) is 1. The second kappa shape index (κ2) is 7.04. The van der Waals surface area contributed by atoms with Crippen LogP contribution in [-0.2, 0) is 9.53 Å². The van der Waals surface area contributed by atoms with E-state index in [0.29, 0.717) is 34.5 Å². The molecule has 0 aromatic heterocycles. The van der Waals surface area contributed by atoms with Crippen LogP contribution in [-0.4, -0.2) is 19.7 Å². The van der Waals surface area contributed by atoms with Crippen LogP contribution in [0.1, 0.15) is 19.4 Å². The maximum absolute atomic E-state index is 11.5. The van der Waals surface area contributed by atoms with Gasteiger partial charge in [-0.2, -0.15) is 0 Å². The van der Waals surface area contributed by atoms with E-state index in [-0.39, 0.29) is 0 Å². The molecule has 0 fully saturated rings. The lowest BCUT2D eigenvalue weighted by Gasteiger charge is -2.08. The van der Waals surface area contributed by atoms with E-state index in [1.54, 1.807) is 18.2 Å². The third-order valence-electron chi connectivity index (χ3n) is 2.31. The smallest absolute Gasteiger partial charge is 0.330 e. The third kappa shape index (κ3) is 4.83. The zero-order valence-electron chi connectivity index (χ0n) is 11.3. The molecule has 0 aliphatic carbocycles. The Labute approximate surface area is 118 Å². The molecule has 2 N–H and O–H groups in total. The molecule has 0 saturated carbocycles. The fraction of sp³-hybridized carbons (Fsp3) is 0.357. The molecule has 0 amide bonds. The molecule has 19 heavy (non-hydrogen) atoms. The van der Waals surface area contributed by atoms with Crippen LogP contribution in [0.5, 0.6) is 5.75 Å². The highest BCUT2D eigenvalue weighted by Gasteiger charge is 2.06. The fourth-order valence-electron chi connectivity index (χ4n) is 1.35. The summed E-state index contributed by atoms with van der Waals surface area (Å²) in [6.07, 6.45) is 2.93. The van der Waals surface area contributed by atoms with E-state index in [1.807, 2.05) is 13.8 Å². The van der Waals surface area contributed by atoms with E-state index in [4.69, 9.17) is 26.8 Å². The second-order valence-corrected chi connectivity index (χ2v) is 4.88. The van der Waals surface area contributed by atoms with Crippen LogP contribution in [0.3, 0.4) is 0 Å². The molecule has 0 aliphatic rings. The number of ether oxygens (including phenoxy) is 2. The van der Waals surface area contributed by atoms with Crippen molar-refractivity contribution in [2.45, 2.75) is 13.8 Å². The van der Waals surface area contributed by atoms with E-state index < -0.39 is 5.97 Å². The minimum atomic E-state index is -0.399. The summed E-state index contributed by atoms with van der Waals surface area (Å²) < 4.78 is 10.2. The van der Waals surface area contributed by atoms with Crippen molar-refractivity contribution in [1.82, 2.24) is 0 Å². The molecular formula is C14H18ClNO3. The molecule has 0 saturated heterocycles. The largest absolute Gasteiger partial charge is 0.496 e. The van der Waals surface area contributed by atoms with Crippen LogP contribution in [0.25, 0.3) is 6.08 Å². The zero-order valence-corrected chi connectivity index (χ0v) is 12.0. The Morgan fingerprint density at radius 2 is 2.16 bits per heavy atom. The van der Waals surface area contributed by atoms with Gasteiger partial charge in [-0.3, -0.25) is 0 Å². The van der Waals surface area contributed by atoms with E-state index in [9.17, 15) is 4.79 Å². The number of carbonyl (C=O) groups is 1. The monoisotopic (exact) mass is 283 g/mol. The van der Waals surface area contributed by atoms with E-state index >= 15 is 0 Å². The predicted molar refractivity (Wildman–Crippen MR) is 77.2 cm³/mol. The first-order valence-corrected chi connectivity index (χ1v) is 6.29. The summed E-state index contributed by atoms with van der Waals surface area (Å²) in [6, 6.07) is 3.25. The molecule has 0 atom stereocenters. The summed E-state index contributed by atoms with van der Waals surface area (Å²) in [4.78, 5) is 11.5. The van der Waals surface area contributed by atoms with Gasteiger partial charge in [0.1, 0.15) is 5.75 Å². The summed E-state index contributed by atoms with van der Waals surface area (Å²) in [5.74, 6) is 0.455. The van der Waals surface area contributed by atoms with Gasteiger partial charge in [-0.15, -0.1) is 0 Å². The summed E-state index contributed by atoms with van der Waals surface area (Å²) in [5, 5.41) is 0.413. The number of nitrogen functional groups attached to an aromatic ring is 1. The topological polar surface area (TPSA) is 61.5 Å². The number of halogens is 1. The van der Waals surface area contributed by atoms with Crippen LogP contribution < -0.4 is 10.5 Å². The molecular weight excluding hydrogens is 266 g/mol. The number of hydrogen-bond acceptors (Lipinski definition) is 4. The van der Waals surface area contributed by atoms with Gasteiger partial charge in [-0.25, -0.2) is 4.79 Å². The molecule has 0 unspecified atom stereocenters. The highest BCUT2D eigenvalue weighted by atomic mass is 35.5. The number of rotatable bonds is 5. The van der Waals surface area contributed by atoms with Gasteiger partial charge < -0.3 is 15.2 Å². The van der Waals surface area contributed by atoms with Crippen molar-refractivity contribution in [1.29, 1.82) is 0 Å². The van der Waals surface area contributed by atoms with Crippen LogP contribution in [0.4, 0.5) is 5.69 Å². The van der Waals surface area contributed by atoms with Crippen LogP contribution in [0.2, 0.25) is 5.02 Å². The Morgan fingerprint density at radius 1 is 1.47 bits per heavy atom. The maximum Gasteiger partial charge on any atom is 0.330 e. The number of benzene rings is 1. The van der Waals surface area contributed by atoms with Crippen molar-refractivity contribution in [2.24, 2.45) is 5.92 Å². The van der Waals surface area contributed by atoms with Gasteiger partial charge in [0.2, 0.25) is 0 Å². The van der Waals surface area contributed by atoms with Crippen molar-refractivity contribution in [3.8, 4) is 5.75 Å². The first-order valence-electron chi connectivity index (χ1n) is 5.92. The molecule has 5 heteroatoms. The summed E-state index contributed by atoms with van der Waals surface area (Å²) in [5.41, 5.74) is 6.77. The highest BCUT2D eigenvalue weighted by Crippen LogP contribution is 2.29. The van der Waals surface area contributed by atoms with Crippen molar-refractivity contribution >= 4 is 29.3 Å². The summed E-state index contributed by atoms with van der Waals surface area (Å²) in [7, 11) is 1.52. The van der Waals surface area contributed by atoms with Crippen LogP contribution in [0, 0.1) is 5.92 Å². The number of nitrogens with two attached hydrogens (primary N) is 1. The number of anilines is 1. The average molecular weight is 284 g/mol. The van der Waals surface area contributed by atoms with Gasteiger partial charge in [0, 0.05) is 17.7 Å². The Kier molecular flexibility index (Phi) is 5.70. The fourth-order valence-corrected chi connectivity index (χ4v) is 1.52. The first kappa shape index (κ1) is 15.4. The summed E-state index contributed by atoms with van der Waals surface area (Å²) in [6.45, 7) is 4.34. The summed E-state index contributed by atoms with van der Waals surface area (Å²) >= 11 is 5.93. The lowest BCUT2D eigenvalue weighted by atomic mass is 10.1. The Balaban J connectivity index is 2.81. The number of carbonyl (C=O) groups excluding carboxylic acids is 1. The van der Waals surface area contributed by atoms with Crippen molar-refractivity contribution in [3.05, 3.63) is 28.8 Å². The molecule has 1 aromatic rings. The van der Waals surface area contributed by atoms with Crippen molar-refractivity contribution in [3.63, 3.8) is 0 Å². The quantitative estimate of drug-likeness (QED) is 0.512. The van der Waals surface area contributed by atoms with Gasteiger partial charge in [-0.05, 0) is 18.1 Å². The standard InChI is InChI=1S/C14H18ClNO3/c1-9(2)8-19-14(17)5-4-10-6-11(15)12(16)7-13(10)18-3/h4-7,9H,8,16H2,1-3H3/b5-4+.